The van der Waals surface area contributed by atoms with Crippen molar-refractivity contribution in [3.63, 3.8) is 0 Å². The second-order valence-electron chi connectivity index (χ2n) is 5.73. The van der Waals surface area contributed by atoms with E-state index in [2.05, 4.69) is 22.5 Å². The summed E-state index contributed by atoms with van der Waals surface area (Å²) in [5.74, 6) is 0. The van der Waals surface area contributed by atoms with Crippen LogP contribution in [0.4, 0.5) is 0 Å². The van der Waals surface area contributed by atoms with Gasteiger partial charge in [-0.25, -0.2) is 0 Å². The first-order valence-electron chi connectivity index (χ1n) is 7.54. The molecule has 0 amide bonds. The molecule has 100 valence electrons. The number of hydrogen-bond acceptors (Lipinski definition) is 3. The lowest BCUT2D eigenvalue weighted by Crippen LogP contribution is -2.45. The Morgan fingerprint density at radius 2 is 1.94 bits per heavy atom. The van der Waals surface area contributed by atoms with Gasteiger partial charge in [0.15, 0.2) is 0 Å². The average Bonchev–Trinajstić information content (AvgIpc) is 2.65. The van der Waals surface area contributed by atoms with Crippen LogP contribution in [-0.4, -0.2) is 49.7 Å². The van der Waals surface area contributed by atoms with Crippen molar-refractivity contribution in [3.8, 4) is 0 Å². The van der Waals surface area contributed by atoms with Gasteiger partial charge >= 0.3 is 0 Å². The van der Waals surface area contributed by atoms with Crippen LogP contribution in [0.3, 0.4) is 0 Å². The van der Waals surface area contributed by atoms with Gasteiger partial charge in [-0.3, -0.25) is 4.90 Å². The van der Waals surface area contributed by atoms with Crippen LogP contribution >= 0.6 is 0 Å². The van der Waals surface area contributed by atoms with Crippen molar-refractivity contribution in [2.75, 3.05) is 32.7 Å². The average molecular weight is 239 g/mol. The van der Waals surface area contributed by atoms with E-state index in [-0.39, 0.29) is 0 Å². The molecule has 17 heavy (non-hydrogen) atoms. The van der Waals surface area contributed by atoms with E-state index in [1.807, 2.05) is 0 Å². The molecule has 0 bridgehead atoms. The van der Waals surface area contributed by atoms with Crippen LogP contribution in [0.15, 0.2) is 0 Å². The third kappa shape index (κ3) is 4.57. The highest BCUT2D eigenvalue weighted by Crippen LogP contribution is 2.12. The zero-order valence-electron chi connectivity index (χ0n) is 11.4. The summed E-state index contributed by atoms with van der Waals surface area (Å²) in [7, 11) is 0. The second-order valence-corrected chi connectivity index (χ2v) is 5.73. The van der Waals surface area contributed by atoms with Crippen molar-refractivity contribution in [2.45, 2.75) is 57.5 Å². The van der Waals surface area contributed by atoms with Gasteiger partial charge in [-0.15, -0.1) is 0 Å². The molecule has 2 atom stereocenters. The summed E-state index contributed by atoms with van der Waals surface area (Å²) in [6.45, 7) is 8.58. The van der Waals surface area contributed by atoms with Crippen LogP contribution in [0.2, 0.25) is 0 Å². The third-order valence-corrected chi connectivity index (χ3v) is 4.29. The number of likely N-dealkylation sites (tertiary alicyclic amines) is 1. The molecule has 2 heterocycles. The van der Waals surface area contributed by atoms with Gasteiger partial charge in [0.2, 0.25) is 0 Å². The van der Waals surface area contributed by atoms with Gasteiger partial charge in [0.25, 0.3) is 0 Å². The molecule has 0 aromatic heterocycles. The van der Waals surface area contributed by atoms with Crippen LogP contribution in [0.25, 0.3) is 0 Å². The Balaban J connectivity index is 1.65. The van der Waals surface area contributed by atoms with Crippen molar-refractivity contribution in [1.82, 2.24) is 15.5 Å². The summed E-state index contributed by atoms with van der Waals surface area (Å²) >= 11 is 0. The van der Waals surface area contributed by atoms with E-state index in [1.165, 1.54) is 71.2 Å². The van der Waals surface area contributed by atoms with Crippen LogP contribution in [0.5, 0.6) is 0 Å². The summed E-state index contributed by atoms with van der Waals surface area (Å²) in [6, 6.07) is 1.46. The summed E-state index contributed by atoms with van der Waals surface area (Å²) < 4.78 is 0. The lowest BCUT2D eigenvalue weighted by molar-refractivity contribution is 0.167. The molecule has 0 spiro atoms. The maximum Gasteiger partial charge on any atom is 0.0192 e. The topological polar surface area (TPSA) is 27.3 Å². The zero-order valence-corrected chi connectivity index (χ0v) is 11.4. The maximum atomic E-state index is 3.78. The molecule has 0 aromatic carbocycles. The monoisotopic (exact) mass is 239 g/mol. The van der Waals surface area contributed by atoms with E-state index in [0.717, 1.165) is 6.04 Å². The molecule has 2 N–H and O–H groups in total. The molecule has 2 fully saturated rings. The van der Waals surface area contributed by atoms with Gasteiger partial charge in [0, 0.05) is 18.6 Å². The van der Waals surface area contributed by atoms with Crippen LogP contribution in [0.1, 0.15) is 45.4 Å². The fourth-order valence-corrected chi connectivity index (χ4v) is 3.05. The van der Waals surface area contributed by atoms with Gasteiger partial charge in [0.1, 0.15) is 0 Å². The quantitative estimate of drug-likeness (QED) is 0.780. The van der Waals surface area contributed by atoms with Crippen LogP contribution < -0.4 is 10.6 Å². The van der Waals surface area contributed by atoms with E-state index < -0.39 is 0 Å². The largest absolute Gasteiger partial charge is 0.317 e. The molecule has 2 unspecified atom stereocenters. The Morgan fingerprint density at radius 1 is 1.12 bits per heavy atom. The van der Waals surface area contributed by atoms with Crippen molar-refractivity contribution in [1.29, 1.82) is 0 Å². The number of hydrogen-bond donors (Lipinski definition) is 2. The van der Waals surface area contributed by atoms with E-state index in [4.69, 9.17) is 0 Å². The Bertz CT molecular complexity index is 194. The van der Waals surface area contributed by atoms with E-state index in [0.29, 0.717) is 6.04 Å². The number of nitrogens with one attached hydrogen (secondary N) is 2. The summed E-state index contributed by atoms with van der Waals surface area (Å²) in [5, 5.41) is 7.25. The van der Waals surface area contributed by atoms with Crippen molar-refractivity contribution in [2.24, 2.45) is 0 Å². The Kier molecular flexibility index (Phi) is 5.75. The predicted octanol–water partition coefficient (Wildman–Crippen LogP) is 1.59. The highest BCUT2D eigenvalue weighted by atomic mass is 15.2. The number of nitrogens with zero attached hydrogens (tertiary/aromatic N) is 1. The predicted molar refractivity (Wildman–Crippen MR) is 73.4 cm³/mol. The fraction of sp³-hybridized carbons (Fsp3) is 1.00. The Morgan fingerprint density at radius 3 is 2.76 bits per heavy atom. The summed E-state index contributed by atoms with van der Waals surface area (Å²) in [6.07, 6.45) is 8.21. The van der Waals surface area contributed by atoms with E-state index >= 15 is 0 Å². The molecule has 0 saturated carbocycles. The summed E-state index contributed by atoms with van der Waals surface area (Å²) in [5.41, 5.74) is 0. The Labute approximate surface area is 106 Å². The first-order chi connectivity index (χ1) is 8.36. The van der Waals surface area contributed by atoms with E-state index in [1.54, 1.807) is 0 Å². The van der Waals surface area contributed by atoms with Gasteiger partial charge < -0.3 is 10.6 Å². The first-order valence-corrected chi connectivity index (χ1v) is 7.54. The minimum atomic E-state index is 0.714. The highest BCUT2D eigenvalue weighted by molar-refractivity contribution is 4.77. The van der Waals surface area contributed by atoms with Crippen molar-refractivity contribution >= 4 is 0 Å². The molecule has 0 radical (unpaired) electrons. The first kappa shape index (κ1) is 13.3. The Hall–Kier alpha value is -0.120. The van der Waals surface area contributed by atoms with Gasteiger partial charge in [-0.1, -0.05) is 6.42 Å². The zero-order chi connectivity index (χ0) is 11.9. The minimum absolute atomic E-state index is 0.714. The molecular weight excluding hydrogens is 210 g/mol. The van der Waals surface area contributed by atoms with Gasteiger partial charge in [-0.2, -0.15) is 0 Å². The summed E-state index contributed by atoms with van der Waals surface area (Å²) in [4.78, 5) is 2.66. The molecule has 2 aliphatic heterocycles. The molecule has 0 aromatic rings. The maximum absolute atomic E-state index is 3.78. The second kappa shape index (κ2) is 7.34. The lowest BCUT2D eigenvalue weighted by atomic mass is 10.1. The normalized spacial score (nSPS) is 29.8. The van der Waals surface area contributed by atoms with Crippen LogP contribution in [0, 0.1) is 0 Å². The molecular formula is C14H29N3. The lowest BCUT2D eigenvalue weighted by Gasteiger charge is -2.33. The minimum Gasteiger partial charge on any atom is -0.317 e. The number of piperidine rings is 1. The van der Waals surface area contributed by atoms with Crippen LogP contribution in [-0.2, 0) is 0 Å². The van der Waals surface area contributed by atoms with Gasteiger partial charge in [0.05, 0.1) is 0 Å². The third-order valence-electron chi connectivity index (χ3n) is 4.29. The molecule has 2 aliphatic rings. The van der Waals surface area contributed by atoms with Crippen molar-refractivity contribution < 1.29 is 0 Å². The molecule has 3 nitrogen and oxygen atoms in total. The fourth-order valence-electron chi connectivity index (χ4n) is 3.05. The molecule has 0 aliphatic carbocycles. The standard InChI is InChI=1S/C14H29N3/c1-13(17-10-3-2-4-11-17)12-16-14-6-5-8-15-9-7-14/h13-16H,2-12H2,1H3. The van der Waals surface area contributed by atoms with E-state index in [9.17, 15) is 0 Å². The SMILES string of the molecule is CC(CNC1CCCNCC1)N1CCCCC1. The molecule has 2 saturated heterocycles. The molecule has 3 heteroatoms. The number of rotatable bonds is 4. The smallest absolute Gasteiger partial charge is 0.0192 e. The van der Waals surface area contributed by atoms with Crippen molar-refractivity contribution in [3.05, 3.63) is 0 Å². The molecule has 2 rings (SSSR count). The highest BCUT2D eigenvalue weighted by Gasteiger charge is 2.18. The van der Waals surface area contributed by atoms with Gasteiger partial charge in [-0.05, 0) is 65.2 Å².